The van der Waals surface area contributed by atoms with E-state index in [0.29, 0.717) is 21.2 Å². The van der Waals surface area contributed by atoms with Crippen LogP contribution in [0.25, 0.3) is 0 Å². The van der Waals surface area contributed by atoms with Crippen LogP contribution in [0.4, 0.5) is 13.2 Å². The Morgan fingerprint density at radius 1 is 1.00 bits per heavy atom. The predicted octanol–water partition coefficient (Wildman–Crippen LogP) is 7.26. The van der Waals surface area contributed by atoms with E-state index in [9.17, 15) is 13.2 Å². The molecular weight excluding hydrogens is 456 g/mol. The van der Waals surface area contributed by atoms with Crippen LogP contribution < -0.4 is 0 Å². The molecule has 0 aliphatic rings. The molecule has 0 aliphatic carbocycles. The standard InChI is InChI=1S/C14H7Br2Cl2F3/c15-11-3-1-7(5-10(11)14(19,20)21)13(16)9-6-8(17)2-4-12(9)18/h1-6,13H. The molecule has 0 nitrogen and oxygen atoms in total. The molecule has 0 spiro atoms. The summed E-state index contributed by atoms with van der Waals surface area (Å²) < 4.78 is 38.8. The highest BCUT2D eigenvalue weighted by atomic mass is 79.9. The number of alkyl halides is 4. The van der Waals surface area contributed by atoms with Crippen molar-refractivity contribution < 1.29 is 13.2 Å². The molecule has 1 atom stereocenters. The molecule has 2 aromatic rings. The zero-order valence-electron chi connectivity index (χ0n) is 10.2. The Balaban J connectivity index is 2.49. The molecule has 0 saturated carbocycles. The smallest absolute Gasteiger partial charge is 0.166 e. The summed E-state index contributed by atoms with van der Waals surface area (Å²) in [5, 5.41) is 0.893. The predicted molar refractivity (Wildman–Crippen MR) is 86.4 cm³/mol. The Morgan fingerprint density at radius 2 is 1.67 bits per heavy atom. The molecule has 0 amide bonds. The van der Waals surface area contributed by atoms with Gasteiger partial charge >= 0.3 is 6.18 Å². The Hall–Kier alpha value is -0.230. The van der Waals surface area contributed by atoms with E-state index in [1.165, 1.54) is 6.07 Å². The fourth-order valence-corrected chi connectivity index (χ4v) is 3.48. The molecule has 2 rings (SSSR count). The van der Waals surface area contributed by atoms with Crippen LogP contribution in [0, 0.1) is 0 Å². The molecule has 0 radical (unpaired) electrons. The Kier molecular flexibility index (Phi) is 5.29. The van der Waals surface area contributed by atoms with Crippen molar-refractivity contribution >= 4 is 55.1 Å². The summed E-state index contributed by atoms with van der Waals surface area (Å²) in [6.07, 6.45) is -4.43. The van der Waals surface area contributed by atoms with Crippen molar-refractivity contribution in [3.05, 3.63) is 67.6 Å². The molecule has 7 heteroatoms. The van der Waals surface area contributed by atoms with Gasteiger partial charge in [0.15, 0.2) is 0 Å². The highest BCUT2D eigenvalue weighted by Crippen LogP contribution is 2.41. The number of benzene rings is 2. The molecule has 0 heterocycles. The number of hydrogen-bond donors (Lipinski definition) is 0. The van der Waals surface area contributed by atoms with Crippen LogP contribution in [-0.2, 0) is 6.18 Å². The van der Waals surface area contributed by atoms with E-state index in [4.69, 9.17) is 23.2 Å². The van der Waals surface area contributed by atoms with E-state index < -0.39 is 16.6 Å². The molecule has 0 aliphatic heterocycles. The number of hydrogen-bond acceptors (Lipinski definition) is 0. The van der Waals surface area contributed by atoms with Gasteiger partial charge < -0.3 is 0 Å². The maximum absolute atomic E-state index is 12.9. The summed E-state index contributed by atoms with van der Waals surface area (Å²) in [5.41, 5.74) is 0.317. The lowest BCUT2D eigenvalue weighted by molar-refractivity contribution is -0.138. The summed E-state index contributed by atoms with van der Waals surface area (Å²) in [6.45, 7) is 0. The van der Waals surface area contributed by atoms with Crippen molar-refractivity contribution in [1.82, 2.24) is 0 Å². The van der Waals surface area contributed by atoms with Crippen LogP contribution in [-0.4, -0.2) is 0 Å². The normalized spacial score (nSPS) is 13.3. The second kappa shape index (κ2) is 6.49. The molecule has 112 valence electrons. The van der Waals surface area contributed by atoms with E-state index in [1.807, 2.05) is 0 Å². The van der Waals surface area contributed by atoms with Gasteiger partial charge in [-0.3, -0.25) is 0 Å². The summed E-state index contributed by atoms with van der Waals surface area (Å²) in [7, 11) is 0. The molecule has 0 bridgehead atoms. The van der Waals surface area contributed by atoms with Gasteiger partial charge in [0.2, 0.25) is 0 Å². The largest absolute Gasteiger partial charge is 0.417 e. The fourth-order valence-electron chi connectivity index (χ4n) is 1.81. The van der Waals surface area contributed by atoms with Gasteiger partial charge in [0.1, 0.15) is 0 Å². The lowest BCUT2D eigenvalue weighted by Crippen LogP contribution is -2.07. The minimum absolute atomic E-state index is 0.00404. The van der Waals surface area contributed by atoms with Crippen LogP contribution in [0.2, 0.25) is 10.0 Å². The maximum atomic E-state index is 12.9. The number of rotatable bonds is 2. The van der Waals surface area contributed by atoms with Crippen LogP contribution in [0.5, 0.6) is 0 Å². The Morgan fingerprint density at radius 3 is 2.29 bits per heavy atom. The highest BCUT2D eigenvalue weighted by molar-refractivity contribution is 9.10. The first-order valence-corrected chi connectivity index (χ1v) is 8.12. The molecule has 0 aromatic heterocycles. The summed E-state index contributed by atoms with van der Waals surface area (Å²) in [6, 6.07) is 8.90. The van der Waals surface area contributed by atoms with Crippen molar-refractivity contribution in [2.45, 2.75) is 11.0 Å². The van der Waals surface area contributed by atoms with E-state index in [-0.39, 0.29) is 4.47 Å². The van der Waals surface area contributed by atoms with Crippen molar-refractivity contribution in [2.75, 3.05) is 0 Å². The second-order valence-corrected chi connectivity index (χ2v) is 6.88. The zero-order chi connectivity index (χ0) is 15.8. The molecule has 1 unspecified atom stereocenters. The van der Waals surface area contributed by atoms with Gasteiger partial charge in [-0.05, 0) is 41.5 Å². The third-order valence-corrected chi connectivity index (χ3v) is 5.11. The van der Waals surface area contributed by atoms with Gasteiger partial charge in [-0.15, -0.1) is 0 Å². The molecule has 21 heavy (non-hydrogen) atoms. The monoisotopic (exact) mass is 460 g/mol. The number of halogens is 7. The molecule has 0 fully saturated rings. The first kappa shape index (κ1) is 17.1. The minimum atomic E-state index is -4.43. The van der Waals surface area contributed by atoms with Crippen molar-refractivity contribution in [3.8, 4) is 0 Å². The van der Waals surface area contributed by atoms with E-state index in [2.05, 4.69) is 31.9 Å². The van der Waals surface area contributed by atoms with Crippen LogP contribution in [0.3, 0.4) is 0 Å². The second-order valence-electron chi connectivity index (χ2n) is 4.27. The third kappa shape index (κ3) is 3.95. The molecule has 0 N–H and O–H groups in total. The SMILES string of the molecule is FC(F)(F)c1cc(C(Br)c2cc(Cl)ccc2Cl)ccc1Br. The minimum Gasteiger partial charge on any atom is -0.166 e. The summed E-state index contributed by atoms with van der Waals surface area (Å²) in [5.74, 6) is 0. The van der Waals surface area contributed by atoms with Gasteiger partial charge in [0.05, 0.1) is 10.4 Å². The molecule has 2 aromatic carbocycles. The van der Waals surface area contributed by atoms with Gasteiger partial charge in [-0.2, -0.15) is 13.2 Å². The first-order valence-electron chi connectivity index (χ1n) is 5.66. The maximum Gasteiger partial charge on any atom is 0.417 e. The molecule has 0 saturated heterocycles. The lowest BCUT2D eigenvalue weighted by Gasteiger charge is -2.16. The third-order valence-electron chi connectivity index (χ3n) is 2.82. The van der Waals surface area contributed by atoms with Gasteiger partial charge in [-0.1, -0.05) is 61.1 Å². The van der Waals surface area contributed by atoms with E-state index in [0.717, 1.165) is 6.07 Å². The van der Waals surface area contributed by atoms with Gasteiger partial charge in [0, 0.05) is 14.5 Å². The van der Waals surface area contributed by atoms with Crippen LogP contribution in [0.1, 0.15) is 21.5 Å². The van der Waals surface area contributed by atoms with Gasteiger partial charge in [0.25, 0.3) is 0 Å². The van der Waals surface area contributed by atoms with Gasteiger partial charge in [-0.25, -0.2) is 0 Å². The summed E-state index contributed by atoms with van der Waals surface area (Å²) in [4.78, 5) is -0.488. The topological polar surface area (TPSA) is 0 Å². The van der Waals surface area contributed by atoms with Crippen LogP contribution >= 0.6 is 55.1 Å². The van der Waals surface area contributed by atoms with Crippen molar-refractivity contribution in [1.29, 1.82) is 0 Å². The zero-order valence-corrected chi connectivity index (χ0v) is 14.9. The lowest BCUT2D eigenvalue weighted by atomic mass is 10.0. The van der Waals surface area contributed by atoms with Crippen molar-refractivity contribution in [2.24, 2.45) is 0 Å². The highest BCUT2D eigenvalue weighted by Gasteiger charge is 2.33. The molecular formula is C14H7Br2Cl2F3. The van der Waals surface area contributed by atoms with Crippen LogP contribution in [0.15, 0.2) is 40.9 Å². The Bertz CT molecular complexity index is 672. The average Bonchev–Trinajstić information content (AvgIpc) is 2.40. The fraction of sp³-hybridized carbons (Fsp3) is 0.143. The van der Waals surface area contributed by atoms with E-state index in [1.54, 1.807) is 24.3 Å². The Labute approximate surface area is 146 Å². The summed E-state index contributed by atoms with van der Waals surface area (Å²) >= 11 is 18.3. The quantitative estimate of drug-likeness (QED) is 0.412. The van der Waals surface area contributed by atoms with Crippen molar-refractivity contribution in [3.63, 3.8) is 0 Å². The van der Waals surface area contributed by atoms with E-state index >= 15 is 0 Å². The average molecular weight is 463 g/mol. The first-order chi connectivity index (χ1) is 9.70.